The van der Waals surface area contributed by atoms with Crippen LogP contribution in [0.2, 0.25) is 0 Å². The van der Waals surface area contributed by atoms with Gasteiger partial charge in [-0.15, -0.1) is 0 Å². The van der Waals surface area contributed by atoms with Gasteiger partial charge in [-0.05, 0) is 37.3 Å². The zero-order valence-electron chi connectivity index (χ0n) is 11.0. The number of nitrogens with two attached hydrogens (primary N) is 1. The lowest BCUT2D eigenvalue weighted by Gasteiger charge is -2.07. The maximum Gasteiger partial charge on any atom is 0.151 e. The number of hydrogen-bond donors (Lipinski definition) is 2. The Balaban J connectivity index is 2.30. The van der Waals surface area contributed by atoms with Gasteiger partial charge in [-0.3, -0.25) is 0 Å². The van der Waals surface area contributed by atoms with Crippen molar-refractivity contribution in [2.45, 2.75) is 13.5 Å². The second-order valence-electron chi connectivity index (χ2n) is 4.56. The summed E-state index contributed by atoms with van der Waals surface area (Å²) >= 11 is 0. The highest BCUT2D eigenvalue weighted by Gasteiger charge is 2.14. The van der Waals surface area contributed by atoms with Gasteiger partial charge >= 0.3 is 0 Å². The van der Waals surface area contributed by atoms with Crippen molar-refractivity contribution in [2.24, 2.45) is 0 Å². The van der Waals surface area contributed by atoms with E-state index in [0.717, 1.165) is 5.52 Å². The molecule has 3 rings (SSSR count). The third kappa shape index (κ3) is 1.79. The standard InChI is InChI=1S/C15H14FN3O/c1-2-19-12-5-3-4-10(16)14(12)18-15(19)9-6-7-11(17)13(20)8-9/h3-8,20H,2,17H2,1H3. The molecule has 0 unspecified atom stereocenters. The van der Waals surface area contributed by atoms with Crippen molar-refractivity contribution in [2.75, 3.05) is 5.73 Å². The first-order chi connectivity index (χ1) is 9.61. The van der Waals surface area contributed by atoms with Crippen molar-refractivity contribution in [1.82, 2.24) is 9.55 Å². The first-order valence-electron chi connectivity index (χ1n) is 6.35. The van der Waals surface area contributed by atoms with Crippen LogP contribution in [0.3, 0.4) is 0 Å². The van der Waals surface area contributed by atoms with E-state index in [4.69, 9.17) is 5.73 Å². The predicted octanol–water partition coefficient (Wildman–Crippen LogP) is 3.15. The Bertz CT molecular complexity index is 795. The lowest BCUT2D eigenvalue weighted by molar-refractivity contribution is 0.478. The highest BCUT2D eigenvalue weighted by molar-refractivity contribution is 5.81. The molecule has 0 atom stereocenters. The van der Waals surface area contributed by atoms with Gasteiger partial charge < -0.3 is 15.4 Å². The van der Waals surface area contributed by atoms with Crippen molar-refractivity contribution in [3.05, 3.63) is 42.2 Å². The van der Waals surface area contributed by atoms with Crippen molar-refractivity contribution in [3.63, 3.8) is 0 Å². The molecule has 0 amide bonds. The number of fused-ring (bicyclic) bond motifs is 1. The number of anilines is 1. The number of aromatic nitrogens is 2. The van der Waals surface area contributed by atoms with E-state index in [1.807, 2.05) is 17.6 Å². The number of aromatic hydroxyl groups is 1. The van der Waals surface area contributed by atoms with E-state index in [0.29, 0.717) is 29.1 Å². The first kappa shape index (κ1) is 12.5. The minimum atomic E-state index is -0.351. The molecule has 0 fully saturated rings. The molecule has 0 bridgehead atoms. The van der Waals surface area contributed by atoms with Gasteiger partial charge in [-0.1, -0.05) is 6.07 Å². The molecule has 20 heavy (non-hydrogen) atoms. The van der Waals surface area contributed by atoms with Gasteiger partial charge in [-0.25, -0.2) is 9.37 Å². The third-order valence-corrected chi connectivity index (χ3v) is 3.33. The Morgan fingerprint density at radius 2 is 2.10 bits per heavy atom. The van der Waals surface area contributed by atoms with Crippen LogP contribution in [0, 0.1) is 5.82 Å². The van der Waals surface area contributed by atoms with Gasteiger partial charge in [0.15, 0.2) is 5.82 Å². The molecule has 1 heterocycles. The number of hydrogen-bond acceptors (Lipinski definition) is 3. The van der Waals surface area contributed by atoms with Crippen molar-refractivity contribution < 1.29 is 9.50 Å². The molecular formula is C15H14FN3O. The summed E-state index contributed by atoms with van der Waals surface area (Å²) in [5, 5.41) is 9.72. The first-order valence-corrected chi connectivity index (χ1v) is 6.35. The fourth-order valence-corrected chi connectivity index (χ4v) is 2.34. The fraction of sp³-hybridized carbons (Fsp3) is 0.133. The second-order valence-corrected chi connectivity index (χ2v) is 4.56. The molecule has 0 saturated heterocycles. The number of rotatable bonds is 2. The molecule has 4 nitrogen and oxygen atoms in total. The average molecular weight is 271 g/mol. The van der Waals surface area contributed by atoms with E-state index < -0.39 is 0 Å². The number of phenolic OH excluding ortho intramolecular Hbond substituents is 1. The molecule has 3 N–H and O–H groups in total. The molecule has 0 aliphatic rings. The quantitative estimate of drug-likeness (QED) is 0.556. The minimum absolute atomic E-state index is 0.00215. The van der Waals surface area contributed by atoms with Gasteiger partial charge in [0.2, 0.25) is 0 Å². The number of aryl methyl sites for hydroxylation is 1. The highest BCUT2D eigenvalue weighted by Crippen LogP contribution is 2.30. The van der Waals surface area contributed by atoms with Crippen LogP contribution in [-0.4, -0.2) is 14.7 Å². The molecule has 5 heteroatoms. The van der Waals surface area contributed by atoms with Crippen molar-refractivity contribution in [3.8, 4) is 17.1 Å². The number of benzene rings is 2. The van der Waals surface area contributed by atoms with Crippen LogP contribution in [0.15, 0.2) is 36.4 Å². The highest BCUT2D eigenvalue weighted by atomic mass is 19.1. The molecule has 0 spiro atoms. The third-order valence-electron chi connectivity index (χ3n) is 3.33. The minimum Gasteiger partial charge on any atom is -0.506 e. The zero-order valence-corrected chi connectivity index (χ0v) is 11.0. The van der Waals surface area contributed by atoms with Crippen LogP contribution < -0.4 is 5.73 Å². The van der Waals surface area contributed by atoms with Gasteiger partial charge in [0, 0.05) is 12.1 Å². The van der Waals surface area contributed by atoms with E-state index in [2.05, 4.69) is 4.98 Å². The number of imidazole rings is 1. The van der Waals surface area contributed by atoms with Gasteiger partial charge in [0.05, 0.1) is 11.2 Å². The summed E-state index contributed by atoms with van der Waals surface area (Å²) < 4.78 is 15.7. The normalized spacial score (nSPS) is 11.1. The summed E-state index contributed by atoms with van der Waals surface area (Å²) in [6.45, 7) is 2.62. The largest absolute Gasteiger partial charge is 0.506 e. The second kappa shape index (κ2) is 4.52. The summed E-state index contributed by atoms with van der Waals surface area (Å²) in [4.78, 5) is 4.36. The number of nitrogens with zero attached hydrogens (tertiary/aromatic N) is 2. The summed E-state index contributed by atoms with van der Waals surface area (Å²) in [7, 11) is 0. The number of phenols is 1. The number of halogens is 1. The van der Waals surface area contributed by atoms with Gasteiger partial charge in [0.25, 0.3) is 0 Å². The molecule has 102 valence electrons. The van der Waals surface area contributed by atoms with Gasteiger partial charge in [-0.2, -0.15) is 0 Å². The molecule has 0 aliphatic carbocycles. The molecular weight excluding hydrogens is 257 g/mol. The smallest absolute Gasteiger partial charge is 0.151 e. The zero-order chi connectivity index (χ0) is 14.3. The number of nitrogen functional groups attached to an aromatic ring is 1. The summed E-state index contributed by atoms with van der Waals surface area (Å²) in [5.41, 5.74) is 7.68. The summed E-state index contributed by atoms with van der Waals surface area (Å²) in [5.74, 6) is 0.260. The van der Waals surface area contributed by atoms with E-state index in [-0.39, 0.29) is 11.6 Å². The Kier molecular flexibility index (Phi) is 2.82. The monoisotopic (exact) mass is 271 g/mol. The Labute approximate surface area is 115 Å². The molecule has 0 aliphatic heterocycles. The molecule has 0 radical (unpaired) electrons. The van der Waals surface area contributed by atoms with Crippen LogP contribution in [0.5, 0.6) is 5.75 Å². The summed E-state index contributed by atoms with van der Waals surface area (Å²) in [6.07, 6.45) is 0. The SMILES string of the molecule is CCn1c(-c2ccc(N)c(O)c2)nc2c(F)cccc21. The Hall–Kier alpha value is -2.56. The van der Waals surface area contributed by atoms with Crippen LogP contribution in [0.1, 0.15) is 6.92 Å². The van der Waals surface area contributed by atoms with Crippen LogP contribution in [0.25, 0.3) is 22.4 Å². The van der Waals surface area contributed by atoms with Crippen LogP contribution >= 0.6 is 0 Å². The summed E-state index contributed by atoms with van der Waals surface area (Å²) in [6, 6.07) is 9.80. The Morgan fingerprint density at radius 1 is 1.30 bits per heavy atom. The Morgan fingerprint density at radius 3 is 2.80 bits per heavy atom. The average Bonchev–Trinajstić information content (AvgIpc) is 2.82. The van der Waals surface area contributed by atoms with E-state index in [1.165, 1.54) is 6.07 Å². The van der Waals surface area contributed by atoms with E-state index >= 15 is 0 Å². The maximum absolute atomic E-state index is 13.8. The van der Waals surface area contributed by atoms with Crippen LogP contribution in [-0.2, 0) is 6.54 Å². The molecule has 0 saturated carbocycles. The molecule has 2 aromatic carbocycles. The fourth-order valence-electron chi connectivity index (χ4n) is 2.34. The van der Waals surface area contributed by atoms with Crippen molar-refractivity contribution in [1.29, 1.82) is 0 Å². The maximum atomic E-state index is 13.8. The molecule has 3 aromatic rings. The van der Waals surface area contributed by atoms with E-state index in [1.54, 1.807) is 24.3 Å². The topological polar surface area (TPSA) is 64.1 Å². The lowest BCUT2D eigenvalue weighted by atomic mass is 10.2. The molecule has 1 aromatic heterocycles. The van der Waals surface area contributed by atoms with Crippen molar-refractivity contribution >= 4 is 16.7 Å². The lowest BCUT2D eigenvalue weighted by Crippen LogP contribution is -1.97. The van der Waals surface area contributed by atoms with Crippen LogP contribution in [0.4, 0.5) is 10.1 Å². The predicted molar refractivity (Wildman–Crippen MR) is 76.9 cm³/mol. The van der Waals surface area contributed by atoms with E-state index in [9.17, 15) is 9.50 Å². The number of para-hydroxylation sites is 1. The van der Waals surface area contributed by atoms with Gasteiger partial charge in [0.1, 0.15) is 17.1 Å².